The number of para-hydroxylation sites is 1. The first-order chi connectivity index (χ1) is 11.2. The molecule has 0 fully saturated rings. The number of nitrogens with two attached hydrogens (primary N) is 2. The number of hydrogen-bond acceptors (Lipinski definition) is 5. The predicted molar refractivity (Wildman–Crippen MR) is 89.9 cm³/mol. The van der Waals surface area contributed by atoms with Gasteiger partial charge in [-0.2, -0.15) is 0 Å². The lowest BCUT2D eigenvalue weighted by Crippen LogP contribution is -2.13. The minimum absolute atomic E-state index is 0.0336. The Morgan fingerprint density at radius 1 is 0.792 bits per heavy atom. The van der Waals surface area contributed by atoms with Gasteiger partial charge in [0.1, 0.15) is 4.90 Å². The second-order valence-corrected chi connectivity index (χ2v) is 8.20. The van der Waals surface area contributed by atoms with Crippen LogP contribution in [0.3, 0.4) is 0 Å². The summed E-state index contributed by atoms with van der Waals surface area (Å²) in [5.74, 6) is 0. The van der Waals surface area contributed by atoms with Crippen LogP contribution in [0.2, 0.25) is 0 Å². The van der Waals surface area contributed by atoms with Gasteiger partial charge in [-0.15, -0.1) is 0 Å². The summed E-state index contributed by atoms with van der Waals surface area (Å²) in [5.41, 5.74) is 1.10. The van der Waals surface area contributed by atoms with E-state index in [1.54, 1.807) is 36.4 Å². The molecule has 0 saturated carbocycles. The van der Waals surface area contributed by atoms with E-state index in [0.29, 0.717) is 16.5 Å². The first-order valence-corrected chi connectivity index (χ1v) is 9.81. The van der Waals surface area contributed by atoms with E-state index in [-0.39, 0.29) is 15.3 Å². The molecule has 0 aliphatic rings. The van der Waals surface area contributed by atoms with Crippen molar-refractivity contribution in [2.75, 3.05) is 0 Å². The number of benzene rings is 2. The van der Waals surface area contributed by atoms with Gasteiger partial charge in [-0.25, -0.2) is 27.1 Å². The van der Waals surface area contributed by atoms with Gasteiger partial charge in [-0.05, 0) is 18.2 Å². The maximum atomic E-state index is 11.7. The topological polar surface area (TPSA) is 133 Å². The number of sulfonamides is 2. The number of hydrogen-bond donors (Lipinski definition) is 2. The molecule has 0 radical (unpaired) electrons. The van der Waals surface area contributed by atoms with Crippen molar-refractivity contribution < 1.29 is 16.8 Å². The molecule has 1 aromatic heterocycles. The van der Waals surface area contributed by atoms with Crippen LogP contribution in [0.1, 0.15) is 0 Å². The second kappa shape index (κ2) is 5.64. The Hall–Kier alpha value is -2.33. The molecular weight excluding hydrogens is 350 g/mol. The van der Waals surface area contributed by atoms with Crippen molar-refractivity contribution in [3.63, 3.8) is 0 Å². The van der Waals surface area contributed by atoms with E-state index < -0.39 is 20.0 Å². The van der Waals surface area contributed by atoms with E-state index in [2.05, 4.69) is 4.98 Å². The third kappa shape index (κ3) is 3.02. The fourth-order valence-electron chi connectivity index (χ4n) is 2.46. The summed E-state index contributed by atoms with van der Waals surface area (Å²) in [6.45, 7) is 0. The molecule has 24 heavy (non-hydrogen) atoms. The normalized spacial score (nSPS) is 12.4. The summed E-state index contributed by atoms with van der Waals surface area (Å²) in [6.07, 6.45) is 1.39. The van der Waals surface area contributed by atoms with Crippen LogP contribution in [0, 0.1) is 0 Å². The summed E-state index contributed by atoms with van der Waals surface area (Å²) >= 11 is 0. The minimum Gasteiger partial charge on any atom is -0.254 e. The highest BCUT2D eigenvalue weighted by atomic mass is 32.2. The van der Waals surface area contributed by atoms with Crippen molar-refractivity contribution in [2.45, 2.75) is 9.79 Å². The van der Waals surface area contributed by atoms with Gasteiger partial charge < -0.3 is 0 Å². The molecule has 0 saturated heterocycles. The zero-order chi connectivity index (χ0) is 17.5. The first kappa shape index (κ1) is 16.5. The van der Waals surface area contributed by atoms with Gasteiger partial charge in [-0.3, -0.25) is 4.98 Å². The molecule has 2 aromatic carbocycles. The van der Waals surface area contributed by atoms with Crippen LogP contribution in [-0.4, -0.2) is 21.8 Å². The Labute approximate surface area is 139 Å². The predicted octanol–water partition coefficient (Wildman–Crippen LogP) is 1.20. The van der Waals surface area contributed by atoms with Gasteiger partial charge in [0.15, 0.2) is 0 Å². The quantitative estimate of drug-likeness (QED) is 0.721. The Bertz CT molecular complexity index is 1160. The van der Waals surface area contributed by atoms with Gasteiger partial charge in [0, 0.05) is 22.7 Å². The standard InChI is InChI=1S/C15H13N3O4S2/c16-23(19,20)13-6-2-1-5-12(13)11-8-10-4-3-7-14(24(17,21)22)15(10)18-9-11/h1-9H,(H2,16,19,20)(H2,17,21,22). The number of pyridine rings is 1. The van der Waals surface area contributed by atoms with Crippen molar-refractivity contribution in [1.29, 1.82) is 0 Å². The first-order valence-electron chi connectivity index (χ1n) is 6.72. The van der Waals surface area contributed by atoms with E-state index in [1.807, 2.05) is 0 Å². The summed E-state index contributed by atoms with van der Waals surface area (Å²) in [7, 11) is -7.83. The number of rotatable bonds is 3. The third-order valence-corrected chi connectivity index (χ3v) is 5.40. The summed E-state index contributed by atoms with van der Waals surface area (Å²) in [5, 5.41) is 11.0. The van der Waals surface area contributed by atoms with E-state index in [4.69, 9.17) is 10.3 Å². The largest absolute Gasteiger partial charge is 0.254 e. The summed E-state index contributed by atoms with van der Waals surface area (Å²) in [4.78, 5) is 4.03. The van der Waals surface area contributed by atoms with Crippen LogP contribution in [0.4, 0.5) is 0 Å². The Balaban J connectivity index is 2.29. The van der Waals surface area contributed by atoms with Crippen LogP contribution >= 0.6 is 0 Å². The highest BCUT2D eigenvalue weighted by Crippen LogP contribution is 2.29. The SMILES string of the molecule is NS(=O)(=O)c1ccccc1-c1cnc2c(S(N)(=O)=O)cccc2c1. The van der Waals surface area contributed by atoms with Gasteiger partial charge in [-0.1, -0.05) is 30.3 Å². The molecule has 3 aromatic rings. The molecule has 3 rings (SSSR count). The number of aromatic nitrogens is 1. The molecule has 124 valence electrons. The highest BCUT2D eigenvalue weighted by Gasteiger charge is 2.17. The molecule has 0 unspecified atom stereocenters. The molecule has 7 nitrogen and oxygen atoms in total. The van der Waals surface area contributed by atoms with Gasteiger partial charge in [0.2, 0.25) is 20.0 Å². The van der Waals surface area contributed by atoms with Crippen molar-refractivity contribution in [1.82, 2.24) is 4.98 Å². The van der Waals surface area contributed by atoms with Crippen molar-refractivity contribution in [2.24, 2.45) is 10.3 Å². The molecule has 0 atom stereocenters. The minimum atomic E-state index is -3.92. The van der Waals surface area contributed by atoms with E-state index in [0.717, 1.165) is 0 Å². The van der Waals surface area contributed by atoms with Gasteiger partial charge in [0.05, 0.1) is 10.4 Å². The molecule has 0 aliphatic carbocycles. The molecule has 0 aliphatic heterocycles. The lowest BCUT2D eigenvalue weighted by Gasteiger charge is -2.09. The fourth-order valence-corrected chi connectivity index (χ4v) is 3.93. The lowest BCUT2D eigenvalue weighted by atomic mass is 10.1. The van der Waals surface area contributed by atoms with Crippen molar-refractivity contribution in [3.8, 4) is 11.1 Å². The Morgan fingerprint density at radius 2 is 1.42 bits per heavy atom. The fraction of sp³-hybridized carbons (Fsp3) is 0. The lowest BCUT2D eigenvalue weighted by molar-refractivity contribution is 0.596. The Morgan fingerprint density at radius 3 is 2.08 bits per heavy atom. The molecule has 9 heteroatoms. The molecule has 0 spiro atoms. The van der Waals surface area contributed by atoms with E-state index in [9.17, 15) is 16.8 Å². The van der Waals surface area contributed by atoms with E-state index >= 15 is 0 Å². The van der Waals surface area contributed by atoms with E-state index in [1.165, 1.54) is 18.3 Å². The number of fused-ring (bicyclic) bond motifs is 1. The maximum absolute atomic E-state index is 11.7. The zero-order valence-electron chi connectivity index (χ0n) is 12.2. The Kier molecular flexibility index (Phi) is 3.88. The van der Waals surface area contributed by atoms with Crippen molar-refractivity contribution >= 4 is 30.9 Å². The average Bonchev–Trinajstić information content (AvgIpc) is 2.52. The molecule has 1 heterocycles. The molecule has 4 N–H and O–H groups in total. The highest BCUT2D eigenvalue weighted by molar-refractivity contribution is 7.89. The van der Waals surface area contributed by atoms with Crippen molar-refractivity contribution in [3.05, 3.63) is 54.7 Å². The number of primary sulfonamides is 2. The molecule has 0 bridgehead atoms. The van der Waals surface area contributed by atoms with Crippen LogP contribution in [0.25, 0.3) is 22.0 Å². The molecular formula is C15H13N3O4S2. The number of nitrogens with zero attached hydrogens (tertiary/aromatic N) is 1. The average molecular weight is 363 g/mol. The summed E-state index contributed by atoms with van der Waals surface area (Å²) in [6, 6.07) is 12.5. The smallest absolute Gasteiger partial charge is 0.240 e. The second-order valence-electron chi connectivity index (χ2n) is 5.14. The monoisotopic (exact) mass is 363 g/mol. The van der Waals surface area contributed by atoms with Gasteiger partial charge >= 0.3 is 0 Å². The van der Waals surface area contributed by atoms with Crippen LogP contribution in [-0.2, 0) is 20.0 Å². The van der Waals surface area contributed by atoms with Crippen LogP contribution < -0.4 is 10.3 Å². The van der Waals surface area contributed by atoms with Crippen LogP contribution in [0.5, 0.6) is 0 Å². The van der Waals surface area contributed by atoms with Crippen LogP contribution in [0.15, 0.2) is 64.5 Å². The summed E-state index contributed by atoms with van der Waals surface area (Å²) < 4.78 is 46.7. The third-order valence-electron chi connectivity index (χ3n) is 3.49. The zero-order valence-corrected chi connectivity index (χ0v) is 13.9. The van der Waals surface area contributed by atoms with Gasteiger partial charge in [0.25, 0.3) is 0 Å². The molecule has 0 amide bonds. The maximum Gasteiger partial charge on any atom is 0.240 e.